The number of benzene rings is 1. The maximum absolute atomic E-state index is 12.5. The van der Waals surface area contributed by atoms with Crippen LogP contribution in [0.5, 0.6) is 0 Å². The molecule has 0 aliphatic rings. The highest BCUT2D eigenvalue weighted by Gasteiger charge is 2.29. The molecule has 1 heterocycles. The number of para-hydroxylation sites is 1. The summed E-state index contributed by atoms with van der Waals surface area (Å²) in [6.45, 7) is 1.93. The van der Waals surface area contributed by atoms with Gasteiger partial charge in [0.05, 0.1) is 19.7 Å². The molecule has 0 radical (unpaired) electrons. The van der Waals surface area contributed by atoms with E-state index in [1.165, 1.54) is 14.2 Å². The Hall–Kier alpha value is -2.63. The number of fused-ring (bicyclic) bond motifs is 1. The second kappa shape index (κ2) is 7.09. The number of methoxy groups -OCH3 is 2. The Morgan fingerprint density at radius 2 is 1.70 bits per heavy atom. The van der Waals surface area contributed by atoms with E-state index in [1.807, 2.05) is 31.2 Å². The lowest BCUT2D eigenvalue weighted by Gasteiger charge is -2.12. The minimum Gasteiger partial charge on any atom is -0.468 e. The number of esters is 2. The predicted octanol–water partition coefficient (Wildman–Crippen LogP) is 2.33. The Labute approximate surface area is 134 Å². The van der Waals surface area contributed by atoms with Gasteiger partial charge in [-0.15, -0.1) is 0 Å². The minimum absolute atomic E-state index is 0.0347. The van der Waals surface area contributed by atoms with Crippen LogP contribution in [0.25, 0.3) is 10.9 Å². The number of carbonyl (C=O) groups excluding carboxylic acids is 3. The summed E-state index contributed by atoms with van der Waals surface area (Å²) in [7, 11) is 2.39. The standard InChI is InChI=1S/C17H19NO5/c1-11-10-18(14-7-5-4-6-12(11)14)15(19)9-8-13(16(20)22-2)17(21)23-3/h4-7,10,13H,8-9H2,1-3H3. The molecule has 0 amide bonds. The van der Waals surface area contributed by atoms with Gasteiger partial charge in [0, 0.05) is 18.0 Å². The normalized spacial score (nSPS) is 10.8. The molecule has 0 unspecified atom stereocenters. The molecule has 23 heavy (non-hydrogen) atoms. The van der Waals surface area contributed by atoms with Crippen molar-refractivity contribution in [1.82, 2.24) is 4.57 Å². The minimum atomic E-state index is -1.09. The number of aryl methyl sites for hydroxylation is 1. The highest BCUT2D eigenvalue weighted by atomic mass is 16.5. The van der Waals surface area contributed by atoms with Crippen LogP contribution in [-0.4, -0.2) is 36.6 Å². The molecule has 0 aliphatic carbocycles. The van der Waals surface area contributed by atoms with Gasteiger partial charge < -0.3 is 9.47 Å². The fraction of sp³-hybridized carbons (Fsp3) is 0.353. The Balaban J connectivity index is 2.17. The summed E-state index contributed by atoms with van der Waals surface area (Å²) in [5.41, 5.74) is 1.80. The average Bonchev–Trinajstić information content (AvgIpc) is 2.91. The molecule has 0 spiro atoms. The smallest absolute Gasteiger partial charge is 0.320 e. The van der Waals surface area contributed by atoms with Crippen LogP contribution in [0.2, 0.25) is 0 Å². The number of nitrogens with zero attached hydrogens (tertiary/aromatic N) is 1. The first-order valence-electron chi connectivity index (χ1n) is 7.25. The van der Waals surface area contributed by atoms with Gasteiger partial charge in [-0.25, -0.2) is 0 Å². The molecule has 2 rings (SSSR count). The van der Waals surface area contributed by atoms with Gasteiger partial charge in [-0.05, 0) is 25.0 Å². The molecule has 0 fully saturated rings. The van der Waals surface area contributed by atoms with E-state index in [1.54, 1.807) is 10.8 Å². The zero-order valence-electron chi connectivity index (χ0n) is 13.4. The van der Waals surface area contributed by atoms with E-state index in [4.69, 9.17) is 0 Å². The first-order chi connectivity index (χ1) is 11.0. The van der Waals surface area contributed by atoms with Crippen LogP contribution in [0.15, 0.2) is 30.5 Å². The summed E-state index contributed by atoms with van der Waals surface area (Å²) in [6, 6.07) is 7.57. The van der Waals surface area contributed by atoms with Gasteiger partial charge >= 0.3 is 11.9 Å². The summed E-state index contributed by atoms with van der Waals surface area (Å²) >= 11 is 0. The first-order valence-corrected chi connectivity index (χ1v) is 7.25. The summed E-state index contributed by atoms with van der Waals surface area (Å²) in [4.78, 5) is 35.7. The van der Waals surface area contributed by atoms with Crippen molar-refractivity contribution < 1.29 is 23.9 Å². The Morgan fingerprint density at radius 3 is 2.30 bits per heavy atom. The zero-order valence-corrected chi connectivity index (χ0v) is 13.4. The number of aromatic nitrogens is 1. The van der Waals surface area contributed by atoms with Crippen LogP contribution in [0.4, 0.5) is 0 Å². The Bertz CT molecular complexity index is 731. The molecule has 0 bridgehead atoms. The molecule has 1 aromatic heterocycles. The van der Waals surface area contributed by atoms with Gasteiger partial charge in [-0.3, -0.25) is 19.0 Å². The van der Waals surface area contributed by atoms with E-state index in [0.29, 0.717) is 0 Å². The van der Waals surface area contributed by atoms with Crippen LogP contribution < -0.4 is 0 Å². The van der Waals surface area contributed by atoms with E-state index in [2.05, 4.69) is 9.47 Å². The fourth-order valence-corrected chi connectivity index (χ4v) is 2.56. The third-order valence-corrected chi connectivity index (χ3v) is 3.80. The molecule has 0 N–H and O–H groups in total. The van der Waals surface area contributed by atoms with Crippen molar-refractivity contribution >= 4 is 28.7 Å². The number of rotatable bonds is 5. The molecule has 6 heteroatoms. The van der Waals surface area contributed by atoms with Gasteiger partial charge in [-0.1, -0.05) is 18.2 Å². The molecule has 1 aromatic carbocycles. The van der Waals surface area contributed by atoms with Crippen molar-refractivity contribution in [3.05, 3.63) is 36.0 Å². The SMILES string of the molecule is COC(=O)C(CCC(=O)n1cc(C)c2ccccc21)C(=O)OC. The second-order valence-corrected chi connectivity index (χ2v) is 5.23. The van der Waals surface area contributed by atoms with Gasteiger partial charge in [-0.2, -0.15) is 0 Å². The number of carbonyl (C=O) groups is 3. The van der Waals surface area contributed by atoms with Gasteiger partial charge in [0.25, 0.3) is 0 Å². The summed E-state index contributed by atoms with van der Waals surface area (Å²) in [5, 5.41) is 0.998. The van der Waals surface area contributed by atoms with E-state index in [0.717, 1.165) is 16.5 Å². The predicted molar refractivity (Wildman–Crippen MR) is 84.1 cm³/mol. The van der Waals surface area contributed by atoms with E-state index in [9.17, 15) is 14.4 Å². The maximum Gasteiger partial charge on any atom is 0.320 e. The molecule has 0 saturated carbocycles. The largest absolute Gasteiger partial charge is 0.468 e. The average molecular weight is 317 g/mol. The second-order valence-electron chi connectivity index (χ2n) is 5.23. The molecule has 2 aromatic rings. The highest BCUT2D eigenvalue weighted by molar-refractivity contribution is 5.97. The summed E-state index contributed by atoms with van der Waals surface area (Å²) in [5.74, 6) is -2.67. The number of hydrogen-bond donors (Lipinski definition) is 0. The van der Waals surface area contributed by atoms with Crippen molar-refractivity contribution in [3.63, 3.8) is 0 Å². The fourth-order valence-electron chi connectivity index (χ4n) is 2.56. The highest BCUT2D eigenvalue weighted by Crippen LogP contribution is 2.21. The van der Waals surface area contributed by atoms with Crippen molar-refractivity contribution in [2.45, 2.75) is 19.8 Å². The van der Waals surface area contributed by atoms with Gasteiger partial charge in [0.1, 0.15) is 0 Å². The van der Waals surface area contributed by atoms with E-state index < -0.39 is 17.9 Å². The lowest BCUT2D eigenvalue weighted by atomic mass is 10.0. The van der Waals surface area contributed by atoms with Crippen LogP contribution in [0.3, 0.4) is 0 Å². The van der Waals surface area contributed by atoms with E-state index >= 15 is 0 Å². The van der Waals surface area contributed by atoms with Crippen molar-refractivity contribution in [2.75, 3.05) is 14.2 Å². The molecule has 0 atom stereocenters. The van der Waals surface area contributed by atoms with Crippen molar-refractivity contribution in [2.24, 2.45) is 5.92 Å². The lowest BCUT2D eigenvalue weighted by Crippen LogP contribution is -2.27. The number of hydrogen-bond acceptors (Lipinski definition) is 5. The first kappa shape index (κ1) is 16.7. The quantitative estimate of drug-likeness (QED) is 0.625. The number of ether oxygens (including phenoxy) is 2. The van der Waals surface area contributed by atoms with Crippen molar-refractivity contribution in [1.29, 1.82) is 0 Å². The zero-order chi connectivity index (χ0) is 17.0. The molecule has 0 aliphatic heterocycles. The topological polar surface area (TPSA) is 74.6 Å². The molecule has 6 nitrogen and oxygen atoms in total. The van der Waals surface area contributed by atoms with Crippen molar-refractivity contribution in [3.8, 4) is 0 Å². The third kappa shape index (κ3) is 3.41. The lowest BCUT2D eigenvalue weighted by molar-refractivity contribution is -0.158. The monoisotopic (exact) mass is 317 g/mol. The molecular weight excluding hydrogens is 298 g/mol. The Kier molecular flexibility index (Phi) is 5.16. The Morgan fingerprint density at radius 1 is 1.09 bits per heavy atom. The molecule has 0 saturated heterocycles. The van der Waals surface area contributed by atoms with Crippen LogP contribution in [0.1, 0.15) is 23.2 Å². The molecular formula is C17H19NO5. The van der Waals surface area contributed by atoms with Crippen LogP contribution in [-0.2, 0) is 19.1 Å². The van der Waals surface area contributed by atoms with Crippen LogP contribution >= 0.6 is 0 Å². The molecule has 122 valence electrons. The van der Waals surface area contributed by atoms with Gasteiger partial charge in [0.2, 0.25) is 5.91 Å². The summed E-state index contributed by atoms with van der Waals surface area (Å²) in [6.07, 6.45) is 1.84. The van der Waals surface area contributed by atoms with Crippen LogP contribution in [0, 0.1) is 12.8 Å². The van der Waals surface area contributed by atoms with E-state index in [-0.39, 0.29) is 18.7 Å². The maximum atomic E-state index is 12.5. The third-order valence-electron chi connectivity index (χ3n) is 3.80. The van der Waals surface area contributed by atoms with Gasteiger partial charge in [0.15, 0.2) is 5.92 Å². The summed E-state index contributed by atoms with van der Waals surface area (Å²) < 4.78 is 10.7.